The summed E-state index contributed by atoms with van der Waals surface area (Å²) in [5.41, 5.74) is 1.35. The molecule has 2 aromatic carbocycles. The first-order valence-electron chi connectivity index (χ1n) is 9.86. The van der Waals surface area contributed by atoms with Gasteiger partial charge in [-0.3, -0.25) is 9.59 Å². The maximum atomic E-state index is 12.8. The van der Waals surface area contributed by atoms with Crippen LogP contribution in [0.25, 0.3) is 11.4 Å². The summed E-state index contributed by atoms with van der Waals surface area (Å²) in [6.07, 6.45) is 0. The second-order valence-corrected chi connectivity index (χ2v) is 9.07. The van der Waals surface area contributed by atoms with Crippen LogP contribution in [-0.2, 0) is 14.8 Å². The number of rotatable bonds is 8. The van der Waals surface area contributed by atoms with Crippen molar-refractivity contribution in [3.63, 3.8) is 0 Å². The SMILES string of the molecule is CCOc1ccc(S(=O)(=O)N(C)CC(=O)Nc2cccc(-c3nc(C)cc(=O)[nH]3)c2)cc1. The van der Waals surface area contributed by atoms with E-state index >= 15 is 0 Å². The summed E-state index contributed by atoms with van der Waals surface area (Å²) in [5, 5.41) is 2.68. The number of benzene rings is 2. The number of hydrogen-bond acceptors (Lipinski definition) is 6. The first-order valence-corrected chi connectivity index (χ1v) is 11.3. The monoisotopic (exact) mass is 456 g/mol. The Kier molecular flexibility index (Phi) is 7.06. The van der Waals surface area contributed by atoms with Crippen LogP contribution in [0.15, 0.2) is 64.3 Å². The smallest absolute Gasteiger partial charge is 0.251 e. The molecule has 0 fully saturated rings. The van der Waals surface area contributed by atoms with Crippen LogP contribution in [0.3, 0.4) is 0 Å². The van der Waals surface area contributed by atoms with Gasteiger partial charge in [-0.05, 0) is 50.2 Å². The van der Waals surface area contributed by atoms with Crippen molar-refractivity contribution in [1.82, 2.24) is 14.3 Å². The number of hydrogen-bond donors (Lipinski definition) is 2. The Morgan fingerprint density at radius 3 is 2.53 bits per heavy atom. The van der Waals surface area contributed by atoms with Crippen LogP contribution in [0.4, 0.5) is 5.69 Å². The van der Waals surface area contributed by atoms with E-state index in [2.05, 4.69) is 15.3 Å². The first kappa shape index (κ1) is 23.2. The molecule has 0 atom stereocenters. The largest absolute Gasteiger partial charge is 0.494 e. The molecule has 1 amide bonds. The Morgan fingerprint density at radius 1 is 1.16 bits per heavy atom. The predicted octanol–water partition coefficient (Wildman–Crippen LogP) is 2.40. The standard InChI is InChI=1S/C22H24N4O5S/c1-4-31-18-8-10-19(11-9-18)32(29,30)26(3)14-21(28)24-17-7-5-6-16(13-17)22-23-15(2)12-20(27)25-22/h5-13H,4,14H2,1-3H3,(H,24,28)(H,23,25,27). The van der Waals surface area contributed by atoms with Gasteiger partial charge in [0.25, 0.3) is 5.56 Å². The maximum Gasteiger partial charge on any atom is 0.251 e. The molecule has 32 heavy (non-hydrogen) atoms. The minimum atomic E-state index is -3.85. The van der Waals surface area contributed by atoms with Crippen LogP contribution in [0.5, 0.6) is 5.75 Å². The van der Waals surface area contributed by atoms with Gasteiger partial charge in [0.1, 0.15) is 11.6 Å². The fourth-order valence-corrected chi connectivity index (χ4v) is 4.13. The zero-order chi connectivity index (χ0) is 23.3. The van der Waals surface area contributed by atoms with Crippen LogP contribution in [0.1, 0.15) is 12.6 Å². The van der Waals surface area contributed by atoms with Gasteiger partial charge in [-0.15, -0.1) is 0 Å². The molecule has 10 heteroatoms. The topological polar surface area (TPSA) is 121 Å². The predicted molar refractivity (Wildman–Crippen MR) is 121 cm³/mol. The zero-order valence-corrected chi connectivity index (χ0v) is 18.8. The second-order valence-electron chi connectivity index (χ2n) is 7.03. The Bertz CT molecular complexity index is 1270. The normalized spacial score (nSPS) is 11.4. The fourth-order valence-electron chi connectivity index (χ4n) is 3.00. The number of ether oxygens (including phenoxy) is 1. The number of amides is 1. The first-order chi connectivity index (χ1) is 15.2. The summed E-state index contributed by atoms with van der Waals surface area (Å²) in [6.45, 7) is 3.65. The number of likely N-dealkylation sites (N-methyl/N-ethyl adjacent to an activating group) is 1. The number of nitrogens with zero attached hydrogens (tertiary/aromatic N) is 2. The quantitative estimate of drug-likeness (QED) is 0.537. The van der Waals surface area contributed by atoms with Gasteiger partial charge in [-0.2, -0.15) is 4.31 Å². The highest BCUT2D eigenvalue weighted by Gasteiger charge is 2.23. The number of anilines is 1. The molecule has 1 heterocycles. The molecule has 3 rings (SSSR count). The molecule has 0 bridgehead atoms. The van der Waals surface area contributed by atoms with Crippen molar-refractivity contribution in [2.45, 2.75) is 18.7 Å². The van der Waals surface area contributed by atoms with Crippen molar-refractivity contribution >= 4 is 21.6 Å². The lowest BCUT2D eigenvalue weighted by atomic mass is 10.2. The molecule has 2 N–H and O–H groups in total. The number of sulfonamides is 1. The summed E-state index contributed by atoms with van der Waals surface area (Å²) in [7, 11) is -2.51. The van der Waals surface area contributed by atoms with E-state index in [-0.39, 0.29) is 17.0 Å². The van der Waals surface area contributed by atoms with Crippen LogP contribution >= 0.6 is 0 Å². The average Bonchev–Trinajstić information content (AvgIpc) is 2.74. The molecule has 1 aromatic heterocycles. The Morgan fingerprint density at radius 2 is 1.88 bits per heavy atom. The molecule has 0 saturated carbocycles. The van der Waals surface area contributed by atoms with Gasteiger partial charge in [-0.1, -0.05) is 12.1 Å². The molecule has 0 aliphatic rings. The third kappa shape index (κ3) is 5.59. The molecule has 9 nitrogen and oxygen atoms in total. The number of nitrogens with one attached hydrogen (secondary N) is 2. The lowest BCUT2D eigenvalue weighted by Gasteiger charge is -2.17. The molecule has 168 valence electrons. The molecule has 0 aliphatic heterocycles. The Balaban J connectivity index is 1.70. The van der Waals surface area contributed by atoms with Crippen molar-refractivity contribution < 1.29 is 17.9 Å². The molecule has 3 aromatic rings. The van der Waals surface area contributed by atoms with Crippen LogP contribution in [-0.4, -0.2) is 48.8 Å². The minimum Gasteiger partial charge on any atom is -0.494 e. The number of H-pyrrole nitrogens is 1. The highest BCUT2D eigenvalue weighted by atomic mass is 32.2. The number of aromatic amines is 1. The zero-order valence-electron chi connectivity index (χ0n) is 18.0. The fraction of sp³-hybridized carbons (Fsp3) is 0.227. The maximum absolute atomic E-state index is 12.8. The summed E-state index contributed by atoms with van der Waals surface area (Å²) in [4.78, 5) is 31.2. The van der Waals surface area contributed by atoms with Crippen LogP contribution < -0.4 is 15.6 Å². The number of carbonyl (C=O) groups excluding carboxylic acids is 1. The lowest BCUT2D eigenvalue weighted by molar-refractivity contribution is -0.116. The van der Waals surface area contributed by atoms with Crippen molar-refractivity contribution in [2.24, 2.45) is 0 Å². The van der Waals surface area contributed by atoms with E-state index in [0.717, 1.165) is 4.31 Å². The van der Waals surface area contributed by atoms with E-state index in [1.54, 1.807) is 43.3 Å². The van der Waals surface area contributed by atoms with Gasteiger partial charge in [0.05, 0.1) is 18.0 Å². The van der Waals surface area contributed by atoms with E-state index in [1.165, 1.54) is 25.2 Å². The molecule has 0 radical (unpaired) electrons. The van der Waals surface area contributed by atoms with E-state index in [1.807, 2.05) is 6.92 Å². The molecule has 0 aliphatic carbocycles. The average molecular weight is 457 g/mol. The second kappa shape index (κ2) is 9.75. The summed E-state index contributed by atoms with van der Waals surface area (Å²) in [6, 6.07) is 14.2. The van der Waals surface area contributed by atoms with Crippen molar-refractivity contribution in [1.29, 1.82) is 0 Å². The van der Waals surface area contributed by atoms with Crippen molar-refractivity contribution in [2.75, 3.05) is 25.5 Å². The Labute approximate surface area is 186 Å². The van der Waals surface area contributed by atoms with Crippen molar-refractivity contribution in [3.05, 3.63) is 70.6 Å². The lowest BCUT2D eigenvalue weighted by Crippen LogP contribution is -2.34. The summed E-state index contributed by atoms with van der Waals surface area (Å²) >= 11 is 0. The van der Waals surface area contributed by atoms with Crippen LogP contribution in [0.2, 0.25) is 0 Å². The Hall–Kier alpha value is -3.50. The molecule has 0 unspecified atom stereocenters. The van der Waals surface area contributed by atoms with E-state index in [0.29, 0.717) is 35.1 Å². The summed E-state index contributed by atoms with van der Waals surface area (Å²) < 4.78 is 31.8. The van der Waals surface area contributed by atoms with Gasteiger partial charge < -0.3 is 15.0 Å². The number of carbonyl (C=O) groups is 1. The highest BCUT2D eigenvalue weighted by molar-refractivity contribution is 7.89. The van der Waals surface area contributed by atoms with Gasteiger partial charge in [-0.25, -0.2) is 13.4 Å². The third-order valence-electron chi connectivity index (χ3n) is 4.50. The molecule has 0 saturated heterocycles. The molecular weight excluding hydrogens is 432 g/mol. The van der Waals surface area contributed by atoms with Gasteiger partial charge in [0, 0.05) is 30.1 Å². The highest BCUT2D eigenvalue weighted by Crippen LogP contribution is 2.20. The third-order valence-corrected chi connectivity index (χ3v) is 6.32. The minimum absolute atomic E-state index is 0.0627. The number of aromatic nitrogens is 2. The van der Waals surface area contributed by atoms with Gasteiger partial charge in [0.2, 0.25) is 15.9 Å². The van der Waals surface area contributed by atoms with Gasteiger partial charge >= 0.3 is 0 Å². The van der Waals surface area contributed by atoms with E-state index in [9.17, 15) is 18.0 Å². The van der Waals surface area contributed by atoms with Gasteiger partial charge in [0.15, 0.2) is 0 Å². The van der Waals surface area contributed by atoms with Crippen molar-refractivity contribution in [3.8, 4) is 17.1 Å². The van der Waals surface area contributed by atoms with E-state index in [4.69, 9.17) is 4.74 Å². The molecular formula is C22H24N4O5S. The number of aryl methyl sites for hydroxylation is 1. The van der Waals surface area contributed by atoms with Crippen LogP contribution in [0, 0.1) is 6.92 Å². The molecule has 0 spiro atoms. The van der Waals surface area contributed by atoms with E-state index < -0.39 is 15.9 Å². The summed E-state index contributed by atoms with van der Waals surface area (Å²) in [5.74, 6) is 0.433.